The molecule has 1 aliphatic heterocycles. The molecule has 0 radical (unpaired) electrons. The van der Waals surface area contributed by atoms with Gasteiger partial charge in [0.2, 0.25) is 0 Å². The third-order valence-electron chi connectivity index (χ3n) is 1.50. The average Bonchev–Trinajstić information content (AvgIpc) is 2.21. The molecular formula is C7H7NO2S. The summed E-state index contributed by atoms with van der Waals surface area (Å²) in [6, 6.07) is 7.22. The van der Waals surface area contributed by atoms with Gasteiger partial charge >= 0.3 is 0 Å². The van der Waals surface area contributed by atoms with Gasteiger partial charge in [-0.2, -0.15) is 0 Å². The summed E-state index contributed by atoms with van der Waals surface area (Å²) in [7, 11) is -2.93. The molecule has 4 heteroatoms. The molecule has 3 nitrogen and oxygen atoms in total. The van der Waals surface area contributed by atoms with Crippen molar-refractivity contribution in [3.8, 4) is 0 Å². The fourth-order valence-electron chi connectivity index (χ4n) is 1.05. The third kappa shape index (κ3) is 1.10. The number of para-hydroxylation sites is 1. The number of hydrogen-bond acceptors (Lipinski definition) is 1. The largest absolute Gasteiger partial charge is 0.298 e. The van der Waals surface area contributed by atoms with Gasteiger partial charge in [-0.1, -0.05) is 18.2 Å². The maximum absolute atomic E-state index is 11.0. The normalized spacial score (nSPS) is 27.0. The Morgan fingerprint density at radius 3 is 2.82 bits per heavy atom. The summed E-state index contributed by atoms with van der Waals surface area (Å²) in [6.07, 6.45) is 0. The zero-order valence-corrected chi connectivity index (χ0v) is 6.47. The molecule has 0 aromatic heterocycles. The molecule has 2 rings (SSSR count). The zero-order valence-electron chi connectivity index (χ0n) is 5.65. The van der Waals surface area contributed by atoms with Gasteiger partial charge in [0.1, 0.15) is 0 Å². The first-order valence-electron chi connectivity index (χ1n) is 3.16. The SMILES string of the molecule is O=S1(O)=Cc2ccccc2N1. The summed E-state index contributed by atoms with van der Waals surface area (Å²) in [5.74, 6) is 0. The molecule has 1 atom stereocenters. The van der Waals surface area contributed by atoms with Gasteiger partial charge in [0.25, 0.3) is 0 Å². The van der Waals surface area contributed by atoms with E-state index >= 15 is 0 Å². The standard InChI is InChI=1S/C7H7NO2S/c9-11(10)5-6-3-1-2-4-7(6)8-11/h1-5H,(H2,8,9,10). The summed E-state index contributed by atoms with van der Waals surface area (Å²) in [4.78, 5) is 0. The van der Waals surface area contributed by atoms with Gasteiger partial charge in [-0.3, -0.25) is 9.27 Å². The highest BCUT2D eigenvalue weighted by atomic mass is 32.2. The molecule has 0 fully saturated rings. The molecule has 11 heavy (non-hydrogen) atoms. The van der Waals surface area contributed by atoms with Crippen molar-refractivity contribution in [2.75, 3.05) is 4.72 Å². The van der Waals surface area contributed by atoms with Crippen molar-refractivity contribution in [2.24, 2.45) is 0 Å². The van der Waals surface area contributed by atoms with Crippen LogP contribution in [0.15, 0.2) is 24.3 Å². The molecule has 58 valence electrons. The van der Waals surface area contributed by atoms with Crippen LogP contribution in [0.4, 0.5) is 5.69 Å². The summed E-state index contributed by atoms with van der Waals surface area (Å²) < 4.78 is 22.6. The molecule has 2 N–H and O–H groups in total. The number of fused-ring (bicyclic) bond motifs is 1. The second-order valence-electron chi connectivity index (χ2n) is 2.38. The van der Waals surface area contributed by atoms with Gasteiger partial charge in [0, 0.05) is 10.9 Å². The van der Waals surface area contributed by atoms with Crippen molar-refractivity contribution in [3.05, 3.63) is 29.8 Å². The Balaban J connectivity index is 2.65. The molecule has 0 aliphatic carbocycles. The zero-order chi connectivity index (χ0) is 7.90. The van der Waals surface area contributed by atoms with Gasteiger partial charge in [0.15, 0.2) is 9.99 Å². The average molecular weight is 169 g/mol. The minimum Gasteiger partial charge on any atom is -0.298 e. The fraction of sp³-hybridized carbons (Fsp3) is 0. The Kier molecular flexibility index (Phi) is 1.21. The highest BCUT2D eigenvalue weighted by Crippen LogP contribution is 2.19. The van der Waals surface area contributed by atoms with Crippen LogP contribution in [-0.2, 0) is 9.99 Å². The maximum atomic E-state index is 11.0. The molecule has 0 saturated heterocycles. The number of nitrogens with one attached hydrogen (secondary N) is 1. The minimum atomic E-state index is -2.93. The predicted molar refractivity (Wildman–Crippen MR) is 46.0 cm³/mol. The van der Waals surface area contributed by atoms with Gasteiger partial charge in [0.05, 0.1) is 5.69 Å². The van der Waals surface area contributed by atoms with Gasteiger partial charge in [-0.15, -0.1) is 0 Å². The van der Waals surface area contributed by atoms with Crippen molar-refractivity contribution in [2.45, 2.75) is 0 Å². The highest BCUT2D eigenvalue weighted by molar-refractivity contribution is 7.98. The lowest BCUT2D eigenvalue weighted by Crippen LogP contribution is -2.06. The lowest BCUT2D eigenvalue weighted by atomic mass is 10.2. The quantitative estimate of drug-likeness (QED) is 0.568. The summed E-state index contributed by atoms with van der Waals surface area (Å²) in [5.41, 5.74) is 1.51. The van der Waals surface area contributed by atoms with Crippen LogP contribution in [0, 0.1) is 0 Å². The highest BCUT2D eigenvalue weighted by Gasteiger charge is 2.13. The summed E-state index contributed by atoms with van der Waals surface area (Å²) >= 11 is 0. The Labute approximate surface area is 65.0 Å². The molecular weight excluding hydrogens is 162 g/mol. The Bertz CT molecular complexity index is 405. The molecule has 0 amide bonds. The monoisotopic (exact) mass is 169 g/mol. The molecule has 1 unspecified atom stereocenters. The lowest BCUT2D eigenvalue weighted by molar-refractivity contribution is 0.566. The van der Waals surface area contributed by atoms with Crippen molar-refractivity contribution in [3.63, 3.8) is 0 Å². The van der Waals surface area contributed by atoms with Crippen molar-refractivity contribution in [1.82, 2.24) is 0 Å². The van der Waals surface area contributed by atoms with Gasteiger partial charge < -0.3 is 0 Å². The van der Waals surface area contributed by atoms with Crippen LogP contribution >= 0.6 is 0 Å². The van der Waals surface area contributed by atoms with E-state index in [0.29, 0.717) is 0 Å². The second-order valence-corrected chi connectivity index (χ2v) is 3.95. The van der Waals surface area contributed by atoms with Gasteiger partial charge in [-0.05, 0) is 6.07 Å². The molecule has 1 aromatic rings. The second kappa shape index (κ2) is 1.99. The molecule has 0 saturated carbocycles. The van der Waals surface area contributed by atoms with Gasteiger partial charge in [-0.25, -0.2) is 4.21 Å². The number of hydrogen-bond donors (Lipinski definition) is 2. The molecule has 1 aliphatic rings. The van der Waals surface area contributed by atoms with Crippen molar-refractivity contribution < 1.29 is 8.76 Å². The number of rotatable bonds is 0. The smallest absolute Gasteiger partial charge is 0.167 e. The van der Waals surface area contributed by atoms with E-state index in [2.05, 4.69) is 4.72 Å². The maximum Gasteiger partial charge on any atom is 0.167 e. The molecule has 0 bridgehead atoms. The van der Waals surface area contributed by atoms with E-state index in [-0.39, 0.29) is 0 Å². The van der Waals surface area contributed by atoms with E-state index in [1.807, 2.05) is 12.1 Å². The van der Waals surface area contributed by atoms with E-state index in [9.17, 15) is 4.21 Å². The third-order valence-corrected chi connectivity index (χ3v) is 2.59. The van der Waals surface area contributed by atoms with E-state index in [0.717, 1.165) is 11.3 Å². The number of anilines is 1. The number of benzene rings is 1. The van der Waals surface area contributed by atoms with Crippen molar-refractivity contribution >= 4 is 21.0 Å². The molecule has 1 heterocycles. The first-order chi connectivity index (χ1) is 5.17. The Hall–Kier alpha value is -1.00. The lowest BCUT2D eigenvalue weighted by Gasteiger charge is -1.98. The van der Waals surface area contributed by atoms with Crippen LogP contribution in [0.3, 0.4) is 0 Å². The van der Waals surface area contributed by atoms with Crippen LogP contribution in [-0.4, -0.2) is 14.1 Å². The molecule has 0 spiro atoms. The van der Waals surface area contributed by atoms with Crippen LogP contribution in [0.2, 0.25) is 0 Å². The topological polar surface area (TPSA) is 49.3 Å². The van der Waals surface area contributed by atoms with Crippen molar-refractivity contribution in [1.29, 1.82) is 0 Å². The van der Waals surface area contributed by atoms with E-state index < -0.39 is 9.99 Å². The minimum absolute atomic E-state index is 0.722. The first-order valence-corrected chi connectivity index (χ1v) is 4.73. The Morgan fingerprint density at radius 1 is 1.36 bits per heavy atom. The van der Waals surface area contributed by atoms with E-state index in [4.69, 9.17) is 4.55 Å². The van der Waals surface area contributed by atoms with E-state index in [1.165, 1.54) is 5.37 Å². The van der Waals surface area contributed by atoms with Crippen LogP contribution < -0.4 is 4.72 Å². The Morgan fingerprint density at radius 2 is 2.09 bits per heavy atom. The fourth-order valence-corrected chi connectivity index (χ4v) is 2.16. The van der Waals surface area contributed by atoms with Crippen LogP contribution in [0.1, 0.15) is 5.56 Å². The van der Waals surface area contributed by atoms with Crippen LogP contribution in [0.5, 0.6) is 0 Å². The summed E-state index contributed by atoms with van der Waals surface area (Å²) in [6.45, 7) is 0. The summed E-state index contributed by atoms with van der Waals surface area (Å²) in [5, 5.41) is 1.34. The predicted octanol–water partition coefficient (Wildman–Crippen LogP) is 0.935. The molecule has 1 aromatic carbocycles. The van der Waals surface area contributed by atoms with E-state index in [1.54, 1.807) is 12.1 Å². The first kappa shape index (κ1) is 6.69. The van der Waals surface area contributed by atoms with Crippen LogP contribution in [0.25, 0.3) is 0 Å².